The van der Waals surface area contributed by atoms with Gasteiger partial charge in [-0.1, -0.05) is 91.9 Å². The highest BCUT2D eigenvalue weighted by Crippen LogP contribution is 2.29. The number of hydrogen-bond donors (Lipinski definition) is 1. The second-order valence-electron chi connectivity index (χ2n) is 10.6. The van der Waals surface area contributed by atoms with Gasteiger partial charge >= 0.3 is 0 Å². The van der Waals surface area contributed by atoms with E-state index < -0.39 is 28.5 Å². The Morgan fingerprint density at radius 1 is 0.929 bits per heavy atom. The van der Waals surface area contributed by atoms with Crippen LogP contribution in [0.2, 0.25) is 10.0 Å². The number of rotatable bonds is 11. The largest absolute Gasteiger partial charge is 0.352 e. The van der Waals surface area contributed by atoms with Crippen LogP contribution in [0.3, 0.4) is 0 Å². The van der Waals surface area contributed by atoms with E-state index in [4.69, 9.17) is 23.2 Å². The first-order valence-corrected chi connectivity index (χ1v) is 16.5. The van der Waals surface area contributed by atoms with Crippen LogP contribution in [0.5, 0.6) is 0 Å². The fourth-order valence-electron chi connectivity index (χ4n) is 5.26. The van der Waals surface area contributed by atoms with Crippen LogP contribution in [0.4, 0.5) is 5.69 Å². The normalized spacial score (nSPS) is 14.7. The van der Waals surface area contributed by atoms with E-state index in [-0.39, 0.29) is 29.1 Å². The summed E-state index contributed by atoms with van der Waals surface area (Å²) >= 11 is 12.9. The van der Waals surface area contributed by atoms with Gasteiger partial charge in [-0.3, -0.25) is 13.9 Å². The lowest BCUT2D eigenvalue weighted by molar-refractivity contribution is -0.140. The SMILES string of the molecule is CCC(C(=O)NC1CCCCC1)N(Cc1ccccc1Cl)C(=O)CN(c1ccc(C)c(Cl)c1)S(=O)(=O)c1ccccc1. The minimum Gasteiger partial charge on any atom is -0.352 e. The first-order valence-electron chi connectivity index (χ1n) is 14.3. The van der Waals surface area contributed by atoms with Crippen molar-refractivity contribution in [3.8, 4) is 0 Å². The third kappa shape index (κ3) is 7.65. The average Bonchev–Trinajstić information content (AvgIpc) is 2.99. The van der Waals surface area contributed by atoms with Gasteiger partial charge in [0.05, 0.1) is 10.6 Å². The van der Waals surface area contributed by atoms with Crippen LogP contribution in [-0.2, 0) is 26.2 Å². The number of halogens is 2. The van der Waals surface area contributed by atoms with Crippen LogP contribution < -0.4 is 9.62 Å². The van der Waals surface area contributed by atoms with E-state index in [9.17, 15) is 18.0 Å². The van der Waals surface area contributed by atoms with Crippen molar-refractivity contribution in [1.29, 1.82) is 0 Å². The summed E-state index contributed by atoms with van der Waals surface area (Å²) in [6.45, 7) is 3.17. The molecule has 1 aliphatic rings. The van der Waals surface area contributed by atoms with Gasteiger partial charge in [-0.2, -0.15) is 0 Å². The molecule has 10 heteroatoms. The second-order valence-corrected chi connectivity index (χ2v) is 13.3. The number of carbonyl (C=O) groups is 2. The fourth-order valence-corrected chi connectivity index (χ4v) is 7.06. The number of anilines is 1. The summed E-state index contributed by atoms with van der Waals surface area (Å²) in [5.41, 5.74) is 1.68. The summed E-state index contributed by atoms with van der Waals surface area (Å²) in [6.07, 6.45) is 5.40. The molecule has 3 aromatic rings. The summed E-state index contributed by atoms with van der Waals surface area (Å²) in [5, 5.41) is 3.98. The Labute approximate surface area is 258 Å². The molecule has 2 amide bonds. The van der Waals surface area contributed by atoms with Crippen molar-refractivity contribution in [2.24, 2.45) is 0 Å². The lowest BCUT2D eigenvalue weighted by Crippen LogP contribution is -2.54. The number of aryl methyl sites for hydroxylation is 1. The Hall–Kier alpha value is -3.07. The van der Waals surface area contributed by atoms with Crippen LogP contribution >= 0.6 is 23.2 Å². The molecule has 0 saturated heterocycles. The number of benzene rings is 3. The molecule has 0 aliphatic heterocycles. The van der Waals surface area contributed by atoms with Gasteiger partial charge in [0.2, 0.25) is 11.8 Å². The van der Waals surface area contributed by atoms with Crippen LogP contribution in [0.1, 0.15) is 56.6 Å². The summed E-state index contributed by atoms with van der Waals surface area (Å²) in [7, 11) is -4.17. The molecule has 0 bridgehead atoms. The Bertz CT molecular complexity index is 1490. The van der Waals surface area contributed by atoms with Gasteiger partial charge in [0.1, 0.15) is 12.6 Å². The van der Waals surface area contributed by atoms with Crippen LogP contribution in [0, 0.1) is 6.92 Å². The third-order valence-electron chi connectivity index (χ3n) is 7.69. The van der Waals surface area contributed by atoms with Gasteiger partial charge in [-0.25, -0.2) is 8.42 Å². The molecular formula is C32H37Cl2N3O4S. The monoisotopic (exact) mass is 629 g/mol. The zero-order valence-corrected chi connectivity index (χ0v) is 26.3. The van der Waals surface area contributed by atoms with Crippen LogP contribution in [0.15, 0.2) is 77.7 Å². The highest BCUT2D eigenvalue weighted by Gasteiger charge is 2.34. The topological polar surface area (TPSA) is 86.8 Å². The van der Waals surface area contributed by atoms with Crippen molar-refractivity contribution >= 4 is 50.7 Å². The number of amides is 2. The minimum absolute atomic E-state index is 0.0363. The zero-order valence-electron chi connectivity index (χ0n) is 23.9. The minimum atomic E-state index is -4.17. The quantitative estimate of drug-likeness (QED) is 0.254. The van der Waals surface area contributed by atoms with E-state index in [0.717, 1.165) is 42.0 Å². The zero-order chi connectivity index (χ0) is 30.3. The maximum Gasteiger partial charge on any atom is 0.264 e. The Morgan fingerprint density at radius 2 is 1.60 bits per heavy atom. The lowest BCUT2D eigenvalue weighted by atomic mass is 9.95. The van der Waals surface area contributed by atoms with Crippen molar-refractivity contribution in [2.75, 3.05) is 10.8 Å². The van der Waals surface area contributed by atoms with Crippen LogP contribution in [-0.4, -0.2) is 43.8 Å². The molecule has 0 spiro atoms. The first-order chi connectivity index (χ1) is 20.1. The van der Waals surface area contributed by atoms with E-state index in [1.807, 2.05) is 19.9 Å². The third-order valence-corrected chi connectivity index (χ3v) is 10.3. The van der Waals surface area contributed by atoms with Crippen molar-refractivity contribution in [3.63, 3.8) is 0 Å². The molecule has 3 aromatic carbocycles. The number of sulfonamides is 1. The molecule has 4 rings (SSSR count). The van der Waals surface area contributed by atoms with Gasteiger partial charge in [0.15, 0.2) is 0 Å². The molecular weight excluding hydrogens is 593 g/mol. The summed E-state index contributed by atoms with van der Waals surface area (Å²) in [6, 6.07) is 19.2. The van der Waals surface area contributed by atoms with Crippen molar-refractivity contribution in [1.82, 2.24) is 10.2 Å². The molecule has 1 saturated carbocycles. The van der Waals surface area contributed by atoms with Crippen LogP contribution in [0.25, 0.3) is 0 Å². The second kappa shape index (κ2) is 14.4. The number of hydrogen-bond acceptors (Lipinski definition) is 4. The van der Waals surface area contributed by atoms with Gasteiger partial charge in [-0.15, -0.1) is 0 Å². The molecule has 7 nitrogen and oxygen atoms in total. The summed E-state index contributed by atoms with van der Waals surface area (Å²) in [4.78, 5) is 29.3. The van der Waals surface area contributed by atoms with E-state index in [1.54, 1.807) is 48.5 Å². The van der Waals surface area contributed by atoms with E-state index in [2.05, 4.69) is 5.32 Å². The van der Waals surface area contributed by atoms with Gasteiger partial charge < -0.3 is 10.2 Å². The molecule has 42 heavy (non-hydrogen) atoms. The molecule has 0 heterocycles. The highest BCUT2D eigenvalue weighted by molar-refractivity contribution is 7.92. The predicted molar refractivity (Wildman–Crippen MR) is 168 cm³/mol. The molecule has 1 fully saturated rings. The number of nitrogens with one attached hydrogen (secondary N) is 1. The maximum atomic E-state index is 14.2. The van der Waals surface area contributed by atoms with E-state index in [1.165, 1.54) is 23.1 Å². The van der Waals surface area contributed by atoms with Crippen molar-refractivity contribution in [2.45, 2.75) is 75.9 Å². The van der Waals surface area contributed by atoms with Gasteiger partial charge in [0, 0.05) is 22.6 Å². The smallest absolute Gasteiger partial charge is 0.264 e. The van der Waals surface area contributed by atoms with E-state index in [0.29, 0.717) is 22.0 Å². The average molecular weight is 631 g/mol. The highest BCUT2D eigenvalue weighted by atomic mass is 35.5. The predicted octanol–water partition coefficient (Wildman–Crippen LogP) is 6.75. The molecule has 1 unspecified atom stereocenters. The molecule has 1 N–H and O–H groups in total. The molecule has 1 aliphatic carbocycles. The molecule has 0 aromatic heterocycles. The molecule has 0 radical (unpaired) electrons. The standard InChI is InChI=1S/C32H37Cl2N3O4S/c1-3-30(32(39)35-25-13-6-4-7-14-25)36(21-24-12-10-11-17-28(24)33)31(38)22-37(26-19-18-23(2)29(34)20-26)42(40,41)27-15-8-5-9-16-27/h5,8-12,15-20,25,30H,3-4,6-7,13-14,21-22H2,1-2H3,(H,35,39). The Kier molecular flexibility index (Phi) is 10.9. The van der Waals surface area contributed by atoms with Crippen molar-refractivity contribution < 1.29 is 18.0 Å². The number of nitrogens with zero attached hydrogens (tertiary/aromatic N) is 2. The van der Waals surface area contributed by atoms with E-state index >= 15 is 0 Å². The molecule has 1 atom stereocenters. The summed E-state index contributed by atoms with van der Waals surface area (Å²) < 4.78 is 29.0. The Balaban J connectivity index is 1.72. The fraction of sp³-hybridized carbons (Fsp3) is 0.375. The number of carbonyl (C=O) groups excluding carboxylic acids is 2. The maximum absolute atomic E-state index is 14.2. The van der Waals surface area contributed by atoms with Crippen molar-refractivity contribution in [3.05, 3.63) is 94.0 Å². The van der Waals surface area contributed by atoms with Gasteiger partial charge in [-0.05, 0) is 67.6 Å². The lowest BCUT2D eigenvalue weighted by Gasteiger charge is -2.34. The summed E-state index contributed by atoms with van der Waals surface area (Å²) in [5.74, 6) is -0.780. The first kappa shape index (κ1) is 31.9. The molecule has 224 valence electrons. The Morgan fingerprint density at radius 3 is 2.24 bits per heavy atom. The van der Waals surface area contributed by atoms with Gasteiger partial charge in [0.25, 0.3) is 10.0 Å².